The first kappa shape index (κ1) is 13.2. The van der Waals surface area contributed by atoms with Gasteiger partial charge in [-0.05, 0) is 37.8 Å². The molecule has 0 saturated heterocycles. The number of hydrogen-bond acceptors (Lipinski definition) is 3. The Kier molecular flexibility index (Phi) is 4.12. The largest absolute Gasteiger partial charge is 0.495 e. The molecule has 1 fully saturated rings. The topological polar surface area (TPSA) is 41.5 Å². The Morgan fingerprint density at radius 1 is 1.33 bits per heavy atom. The normalized spacial score (nSPS) is 19.5. The molecule has 0 amide bonds. The van der Waals surface area contributed by atoms with Crippen LogP contribution < -0.4 is 10.1 Å². The Morgan fingerprint density at radius 3 is 2.61 bits per heavy atom. The zero-order valence-electron chi connectivity index (χ0n) is 11.3. The Hall–Kier alpha value is -1.22. The molecule has 1 atom stereocenters. The number of aliphatic hydroxyl groups is 1. The number of aliphatic hydroxyl groups excluding tert-OH is 1. The van der Waals surface area contributed by atoms with Crippen molar-refractivity contribution in [1.29, 1.82) is 0 Å². The maximum absolute atomic E-state index is 9.77. The lowest BCUT2D eigenvalue weighted by atomic mass is 9.84. The van der Waals surface area contributed by atoms with E-state index in [2.05, 4.69) is 12.2 Å². The van der Waals surface area contributed by atoms with Gasteiger partial charge in [-0.2, -0.15) is 0 Å². The van der Waals surface area contributed by atoms with E-state index in [9.17, 15) is 5.11 Å². The van der Waals surface area contributed by atoms with Crippen LogP contribution in [0.15, 0.2) is 24.3 Å². The highest BCUT2D eigenvalue weighted by Crippen LogP contribution is 2.37. The SMILES string of the molecule is COc1ccccc1NC(C)(CO)C1CCCC1. The summed E-state index contributed by atoms with van der Waals surface area (Å²) in [6.07, 6.45) is 4.93. The van der Waals surface area contributed by atoms with Crippen molar-refractivity contribution in [1.82, 2.24) is 0 Å². The van der Waals surface area contributed by atoms with Crippen molar-refractivity contribution in [3.8, 4) is 5.75 Å². The Morgan fingerprint density at radius 2 is 2.00 bits per heavy atom. The van der Waals surface area contributed by atoms with Crippen LogP contribution in [0.3, 0.4) is 0 Å². The van der Waals surface area contributed by atoms with E-state index < -0.39 is 0 Å². The highest BCUT2D eigenvalue weighted by atomic mass is 16.5. The van der Waals surface area contributed by atoms with E-state index in [0.717, 1.165) is 11.4 Å². The Balaban J connectivity index is 2.18. The molecule has 18 heavy (non-hydrogen) atoms. The number of ether oxygens (including phenoxy) is 1. The first-order valence-corrected chi connectivity index (χ1v) is 6.71. The third-order valence-corrected chi connectivity index (χ3v) is 4.11. The molecule has 2 rings (SSSR count). The molecule has 100 valence electrons. The molecule has 2 N–H and O–H groups in total. The predicted octanol–water partition coefficient (Wildman–Crippen LogP) is 3.05. The molecule has 1 unspecified atom stereocenters. The fourth-order valence-electron chi connectivity index (χ4n) is 2.89. The van der Waals surface area contributed by atoms with E-state index in [0.29, 0.717) is 5.92 Å². The lowest BCUT2D eigenvalue weighted by Gasteiger charge is -2.36. The molecule has 0 heterocycles. The zero-order chi connectivity index (χ0) is 13.0. The third-order valence-electron chi connectivity index (χ3n) is 4.11. The molecule has 3 nitrogen and oxygen atoms in total. The maximum Gasteiger partial charge on any atom is 0.141 e. The molecule has 1 aliphatic rings. The Labute approximate surface area is 109 Å². The van der Waals surface area contributed by atoms with Crippen LogP contribution in [0.25, 0.3) is 0 Å². The van der Waals surface area contributed by atoms with Crippen LogP contribution in [0.1, 0.15) is 32.6 Å². The molecular formula is C15H23NO2. The second-order valence-electron chi connectivity index (χ2n) is 5.38. The van der Waals surface area contributed by atoms with Gasteiger partial charge >= 0.3 is 0 Å². The molecule has 0 spiro atoms. The summed E-state index contributed by atoms with van der Waals surface area (Å²) in [6, 6.07) is 7.88. The molecule has 3 heteroatoms. The van der Waals surface area contributed by atoms with Gasteiger partial charge in [0.05, 0.1) is 24.9 Å². The van der Waals surface area contributed by atoms with Crippen LogP contribution in [-0.2, 0) is 0 Å². The van der Waals surface area contributed by atoms with Crippen LogP contribution in [0, 0.1) is 5.92 Å². The van der Waals surface area contributed by atoms with Crippen molar-refractivity contribution in [2.75, 3.05) is 19.0 Å². The molecule has 0 bridgehead atoms. The number of rotatable bonds is 5. The smallest absolute Gasteiger partial charge is 0.141 e. The lowest BCUT2D eigenvalue weighted by Crippen LogP contribution is -2.45. The first-order chi connectivity index (χ1) is 8.69. The van der Waals surface area contributed by atoms with Crippen LogP contribution in [0.2, 0.25) is 0 Å². The Bertz CT molecular complexity index is 388. The highest BCUT2D eigenvalue weighted by Gasteiger charge is 2.35. The van der Waals surface area contributed by atoms with E-state index in [1.165, 1.54) is 25.7 Å². The van der Waals surface area contributed by atoms with Gasteiger partial charge in [-0.25, -0.2) is 0 Å². The average molecular weight is 249 g/mol. The summed E-state index contributed by atoms with van der Waals surface area (Å²) in [5.41, 5.74) is 0.703. The number of anilines is 1. The van der Waals surface area contributed by atoms with Gasteiger partial charge in [-0.3, -0.25) is 0 Å². The number of hydrogen-bond donors (Lipinski definition) is 2. The zero-order valence-corrected chi connectivity index (χ0v) is 11.3. The lowest BCUT2D eigenvalue weighted by molar-refractivity contribution is 0.172. The standard InChI is InChI=1S/C15H23NO2/c1-15(11-17,12-7-3-4-8-12)16-13-9-5-6-10-14(13)18-2/h5-6,9-10,12,16-17H,3-4,7-8,11H2,1-2H3. The summed E-state index contributed by atoms with van der Waals surface area (Å²) in [6.45, 7) is 2.26. The molecular weight excluding hydrogens is 226 g/mol. The number of nitrogens with one attached hydrogen (secondary N) is 1. The molecule has 1 aliphatic carbocycles. The van der Waals surface area contributed by atoms with Gasteiger partial charge in [-0.15, -0.1) is 0 Å². The summed E-state index contributed by atoms with van der Waals surface area (Å²) >= 11 is 0. The van der Waals surface area contributed by atoms with E-state index in [1.807, 2.05) is 24.3 Å². The van der Waals surface area contributed by atoms with Crippen LogP contribution >= 0.6 is 0 Å². The molecule has 1 saturated carbocycles. The van der Waals surface area contributed by atoms with Crippen molar-refractivity contribution < 1.29 is 9.84 Å². The van der Waals surface area contributed by atoms with E-state index >= 15 is 0 Å². The van der Waals surface area contributed by atoms with Gasteiger partial charge in [0.25, 0.3) is 0 Å². The van der Waals surface area contributed by atoms with Gasteiger partial charge in [0.1, 0.15) is 5.75 Å². The fourth-order valence-corrected chi connectivity index (χ4v) is 2.89. The maximum atomic E-state index is 9.77. The van der Waals surface area contributed by atoms with Gasteiger partial charge in [-0.1, -0.05) is 25.0 Å². The first-order valence-electron chi connectivity index (χ1n) is 6.71. The molecule has 1 aromatic carbocycles. The van der Waals surface area contributed by atoms with Crippen LogP contribution in [0.4, 0.5) is 5.69 Å². The van der Waals surface area contributed by atoms with Gasteiger partial charge in [0.2, 0.25) is 0 Å². The minimum atomic E-state index is -0.259. The van der Waals surface area contributed by atoms with Gasteiger partial charge in [0.15, 0.2) is 0 Å². The minimum absolute atomic E-state index is 0.149. The van der Waals surface area contributed by atoms with Crippen LogP contribution in [0.5, 0.6) is 5.75 Å². The quantitative estimate of drug-likeness (QED) is 0.842. The highest BCUT2D eigenvalue weighted by molar-refractivity contribution is 5.57. The fraction of sp³-hybridized carbons (Fsp3) is 0.600. The molecule has 0 radical (unpaired) electrons. The van der Waals surface area contributed by atoms with E-state index in [1.54, 1.807) is 7.11 Å². The van der Waals surface area contributed by atoms with Crippen molar-refractivity contribution in [2.45, 2.75) is 38.1 Å². The number of methoxy groups -OCH3 is 1. The summed E-state index contributed by atoms with van der Waals surface area (Å²) in [5, 5.41) is 13.3. The summed E-state index contributed by atoms with van der Waals surface area (Å²) in [5.74, 6) is 1.36. The van der Waals surface area contributed by atoms with Gasteiger partial charge < -0.3 is 15.2 Å². The predicted molar refractivity (Wildman–Crippen MR) is 74.1 cm³/mol. The van der Waals surface area contributed by atoms with Crippen molar-refractivity contribution in [3.63, 3.8) is 0 Å². The minimum Gasteiger partial charge on any atom is -0.495 e. The average Bonchev–Trinajstić information content (AvgIpc) is 2.94. The van der Waals surface area contributed by atoms with E-state index in [-0.39, 0.29) is 12.1 Å². The summed E-state index contributed by atoms with van der Waals surface area (Å²) in [7, 11) is 1.67. The number of para-hydroxylation sites is 2. The third kappa shape index (κ3) is 2.61. The second kappa shape index (κ2) is 5.61. The summed E-state index contributed by atoms with van der Waals surface area (Å²) < 4.78 is 5.35. The second-order valence-corrected chi connectivity index (χ2v) is 5.38. The van der Waals surface area contributed by atoms with Crippen molar-refractivity contribution >= 4 is 5.69 Å². The van der Waals surface area contributed by atoms with Gasteiger partial charge in [0, 0.05) is 0 Å². The van der Waals surface area contributed by atoms with Crippen molar-refractivity contribution in [2.24, 2.45) is 5.92 Å². The summed E-state index contributed by atoms with van der Waals surface area (Å²) in [4.78, 5) is 0. The molecule has 1 aromatic rings. The van der Waals surface area contributed by atoms with Crippen LogP contribution in [-0.4, -0.2) is 24.4 Å². The number of benzene rings is 1. The monoisotopic (exact) mass is 249 g/mol. The van der Waals surface area contributed by atoms with E-state index in [4.69, 9.17) is 4.74 Å². The molecule has 0 aliphatic heterocycles. The molecule has 0 aromatic heterocycles. The van der Waals surface area contributed by atoms with Crippen molar-refractivity contribution in [3.05, 3.63) is 24.3 Å².